The highest BCUT2D eigenvalue weighted by atomic mass is 32.1. The van der Waals surface area contributed by atoms with Gasteiger partial charge in [0.1, 0.15) is 6.10 Å². The van der Waals surface area contributed by atoms with Crippen LogP contribution in [-0.4, -0.2) is 26.4 Å². The Morgan fingerprint density at radius 2 is 2.18 bits per heavy atom. The second kappa shape index (κ2) is 7.82. The van der Waals surface area contributed by atoms with Crippen LogP contribution in [0.3, 0.4) is 0 Å². The van der Waals surface area contributed by atoms with Crippen molar-refractivity contribution in [3.63, 3.8) is 0 Å². The van der Waals surface area contributed by atoms with Crippen molar-refractivity contribution in [1.29, 1.82) is 0 Å². The highest BCUT2D eigenvalue weighted by Crippen LogP contribution is 2.29. The Hall–Kier alpha value is -0.420. The van der Waals surface area contributed by atoms with Gasteiger partial charge in [-0.1, -0.05) is 6.92 Å². The minimum atomic E-state index is 0.0249. The molecule has 0 aliphatic rings. The van der Waals surface area contributed by atoms with Gasteiger partial charge in [-0.15, -0.1) is 11.3 Å². The fraction of sp³-hybridized carbons (Fsp3) is 0.692. The monoisotopic (exact) mass is 257 g/mol. The number of hydrogen-bond donors (Lipinski definition) is 1. The summed E-state index contributed by atoms with van der Waals surface area (Å²) in [6.45, 7) is 5.64. The number of rotatable bonds is 8. The highest BCUT2D eigenvalue weighted by molar-refractivity contribution is 7.10. The molecule has 0 aromatic carbocycles. The second-order valence-corrected chi connectivity index (χ2v) is 5.13. The van der Waals surface area contributed by atoms with Crippen LogP contribution < -0.4 is 5.73 Å². The Balaban J connectivity index is 2.59. The third kappa shape index (κ3) is 4.39. The maximum Gasteiger partial charge on any atom is 0.107 e. The minimum absolute atomic E-state index is 0.0249. The summed E-state index contributed by atoms with van der Waals surface area (Å²) in [4.78, 5) is 1.26. The molecule has 2 N–H and O–H groups in total. The Bertz CT molecular complexity index is 314. The Labute approximate surface area is 108 Å². The molecular formula is C13H23NO2S. The van der Waals surface area contributed by atoms with Crippen molar-refractivity contribution >= 4 is 11.3 Å². The summed E-state index contributed by atoms with van der Waals surface area (Å²) in [7, 11) is 1.71. The van der Waals surface area contributed by atoms with Gasteiger partial charge >= 0.3 is 0 Å². The molecule has 0 saturated heterocycles. The van der Waals surface area contributed by atoms with Gasteiger partial charge < -0.3 is 15.2 Å². The van der Waals surface area contributed by atoms with Crippen molar-refractivity contribution in [3.8, 4) is 0 Å². The molecule has 4 heteroatoms. The van der Waals surface area contributed by atoms with Crippen LogP contribution in [0.25, 0.3) is 0 Å². The van der Waals surface area contributed by atoms with E-state index in [2.05, 4.69) is 25.3 Å². The number of aryl methyl sites for hydroxylation is 1. The van der Waals surface area contributed by atoms with E-state index in [1.807, 2.05) is 0 Å². The van der Waals surface area contributed by atoms with E-state index in [9.17, 15) is 0 Å². The molecule has 0 radical (unpaired) electrons. The Morgan fingerprint density at radius 1 is 1.41 bits per heavy atom. The van der Waals surface area contributed by atoms with E-state index >= 15 is 0 Å². The zero-order chi connectivity index (χ0) is 12.7. The number of thiophene rings is 1. The molecule has 3 nitrogen and oxygen atoms in total. The predicted molar refractivity (Wildman–Crippen MR) is 72.5 cm³/mol. The Kier molecular flexibility index (Phi) is 6.73. The molecule has 0 bridgehead atoms. The molecule has 1 heterocycles. The summed E-state index contributed by atoms with van der Waals surface area (Å²) >= 11 is 1.73. The first-order valence-electron chi connectivity index (χ1n) is 6.10. The van der Waals surface area contributed by atoms with Crippen LogP contribution >= 0.6 is 11.3 Å². The lowest BCUT2D eigenvalue weighted by molar-refractivity contribution is 0.0241. The van der Waals surface area contributed by atoms with E-state index in [-0.39, 0.29) is 12.1 Å². The van der Waals surface area contributed by atoms with Gasteiger partial charge in [-0.2, -0.15) is 0 Å². The van der Waals surface area contributed by atoms with Crippen LogP contribution in [0.1, 0.15) is 36.3 Å². The predicted octanol–water partition coefficient (Wildman–Crippen LogP) is 2.89. The largest absolute Gasteiger partial charge is 0.385 e. The quantitative estimate of drug-likeness (QED) is 0.728. The summed E-state index contributed by atoms with van der Waals surface area (Å²) in [5.74, 6) is 0. The molecule has 17 heavy (non-hydrogen) atoms. The van der Waals surface area contributed by atoms with Crippen molar-refractivity contribution in [3.05, 3.63) is 21.9 Å². The molecule has 0 amide bonds. The molecule has 98 valence electrons. The van der Waals surface area contributed by atoms with E-state index < -0.39 is 0 Å². The summed E-state index contributed by atoms with van der Waals surface area (Å²) in [6, 6.07) is 2.18. The Morgan fingerprint density at radius 3 is 2.71 bits per heavy atom. The number of ether oxygens (including phenoxy) is 2. The fourth-order valence-corrected chi connectivity index (χ4v) is 2.75. The van der Waals surface area contributed by atoms with Gasteiger partial charge in [0.15, 0.2) is 0 Å². The second-order valence-electron chi connectivity index (χ2n) is 4.18. The van der Waals surface area contributed by atoms with E-state index in [1.165, 1.54) is 10.4 Å². The van der Waals surface area contributed by atoms with E-state index in [4.69, 9.17) is 15.2 Å². The van der Waals surface area contributed by atoms with Crippen molar-refractivity contribution in [1.82, 2.24) is 0 Å². The lowest BCUT2D eigenvalue weighted by Crippen LogP contribution is -2.29. The summed E-state index contributed by atoms with van der Waals surface area (Å²) < 4.78 is 10.9. The first-order chi connectivity index (χ1) is 8.20. The minimum Gasteiger partial charge on any atom is -0.385 e. The van der Waals surface area contributed by atoms with Crippen molar-refractivity contribution in [2.75, 3.05) is 20.3 Å². The molecule has 2 atom stereocenters. The molecule has 0 aliphatic heterocycles. The lowest BCUT2D eigenvalue weighted by Gasteiger charge is -2.23. The van der Waals surface area contributed by atoms with E-state index in [0.717, 1.165) is 19.4 Å². The van der Waals surface area contributed by atoms with Gasteiger partial charge in [0, 0.05) is 31.2 Å². The number of nitrogens with two attached hydrogens (primary N) is 1. The molecule has 0 fully saturated rings. The van der Waals surface area contributed by atoms with Crippen molar-refractivity contribution < 1.29 is 9.47 Å². The fourth-order valence-electron chi connectivity index (χ4n) is 1.70. The average molecular weight is 257 g/mol. The standard InChI is InChI=1S/C13H23NO2S/c1-4-11(14)12(16-8-5-7-15-3)13-10(2)6-9-17-13/h6,9,11-12H,4-5,7-8,14H2,1-3H3. The van der Waals surface area contributed by atoms with Crippen LogP contribution in [0.4, 0.5) is 0 Å². The highest BCUT2D eigenvalue weighted by Gasteiger charge is 2.21. The van der Waals surface area contributed by atoms with Crippen LogP contribution in [0.2, 0.25) is 0 Å². The van der Waals surface area contributed by atoms with E-state index in [0.29, 0.717) is 6.61 Å². The first-order valence-corrected chi connectivity index (χ1v) is 6.98. The van der Waals surface area contributed by atoms with Crippen molar-refractivity contribution in [2.24, 2.45) is 5.73 Å². The van der Waals surface area contributed by atoms with Crippen LogP contribution in [0.15, 0.2) is 11.4 Å². The molecule has 0 spiro atoms. The molecule has 0 aliphatic carbocycles. The molecule has 2 unspecified atom stereocenters. The third-order valence-corrected chi connectivity index (χ3v) is 3.89. The van der Waals surface area contributed by atoms with Gasteiger partial charge in [-0.05, 0) is 36.8 Å². The zero-order valence-electron chi connectivity index (χ0n) is 10.9. The summed E-state index contributed by atoms with van der Waals surface area (Å²) in [5.41, 5.74) is 7.42. The molecular weight excluding hydrogens is 234 g/mol. The van der Waals surface area contributed by atoms with Gasteiger partial charge in [-0.3, -0.25) is 0 Å². The maximum atomic E-state index is 6.14. The zero-order valence-corrected chi connectivity index (χ0v) is 11.8. The van der Waals surface area contributed by atoms with Gasteiger partial charge in [0.05, 0.1) is 0 Å². The van der Waals surface area contributed by atoms with Gasteiger partial charge in [0.25, 0.3) is 0 Å². The van der Waals surface area contributed by atoms with Gasteiger partial charge in [-0.25, -0.2) is 0 Å². The summed E-state index contributed by atoms with van der Waals surface area (Å²) in [6.07, 6.45) is 1.86. The molecule has 0 saturated carbocycles. The molecule has 1 rings (SSSR count). The van der Waals surface area contributed by atoms with E-state index in [1.54, 1.807) is 18.4 Å². The third-order valence-electron chi connectivity index (χ3n) is 2.81. The van der Waals surface area contributed by atoms with Crippen LogP contribution in [0.5, 0.6) is 0 Å². The smallest absolute Gasteiger partial charge is 0.107 e. The van der Waals surface area contributed by atoms with Gasteiger partial charge in [0.2, 0.25) is 0 Å². The first kappa shape index (κ1) is 14.6. The SMILES string of the molecule is CCC(N)C(OCCCOC)c1sccc1C. The number of hydrogen-bond acceptors (Lipinski definition) is 4. The molecule has 1 aromatic heterocycles. The normalized spacial score (nSPS) is 14.8. The number of methoxy groups -OCH3 is 1. The maximum absolute atomic E-state index is 6.14. The lowest BCUT2D eigenvalue weighted by atomic mass is 10.1. The van der Waals surface area contributed by atoms with Crippen LogP contribution in [-0.2, 0) is 9.47 Å². The average Bonchev–Trinajstić information content (AvgIpc) is 2.75. The summed E-state index contributed by atoms with van der Waals surface area (Å²) in [5, 5.41) is 2.10. The molecule has 1 aromatic rings. The van der Waals surface area contributed by atoms with Crippen LogP contribution in [0, 0.1) is 6.92 Å². The topological polar surface area (TPSA) is 44.5 Å². The van der Waals surface area contributed by atoms with Crippen molar-refractivity contribution in [2.45, 2.75) is 38.8 Å².